The van der Waals surface area contributed by atoms with Crippen molar-refractivity contribution in [3.8, 4) is 0 Å². The number of amides is 3. The van der Waals surface area contributed by atoms with Crippen molar-refractivity contribution >= 4 is 46.6 Å². The van der Waals surface area contributed by atoms with Gasteiger partial charge in [0.2, 0.25) is 0 Å². The van der Waals surface area contributed by atoms with E-state index < -0.39 is 11.8 Å². The molecule has 1 saturated heterocycles. The van der Waals surface area contributed by atoms with Gasteiger partial charge in [0.25, 0.3) is 17.7 Å². The zero-order valence-corrected chi connectivity index (χ0v) is 16.2. The van der Waals surface area contributed by atoms with E-state index in [4.69, 9.17) is 27.9 Å². The molecular formula is C20H16Cl2N2O4. The SMILES string of the molecule is O=C(NC[C@@H]1CCCO1)c1ccccc1N1C(=O)c2cc(Cl)c(Cl)cc2C1=O. The number of hydrogen-bond acceptors (Lipinski definition) is 4. The average Bonchev–Trinajstić information content (AvgIpc) is 3.28. The van der Waals surface area contributed by atoms with Crippen LogP contribution in [0.1, 0.15) is 43.9 Å². The predicted molar refractivity (Wildman–Crippen MR) is 105 cm³/mol. The lowest BCUT2D eigenvalue weighted by atomic mass is 10.1. The first-order chi connectivity index (χ1) is 13.5. The molecule has 6 nitrogen and oxygen atoms in total. The number of nitrogens with one attached hydrogen (secondary N) is 1. The summed E-state index contributed by atoms with van der Waals surface area (Å²) in [4.78, 5) is 39.4. The lowest BCUT2D eigenvalue weighted by Crippen LogP contribution is -2.35. The number of nitrogens with zero attached hydrogens (tertiary/aromatic N) is 1. The monoisotopic (exact) mass is 418 g/mol. The molecule has 0 bridgehead atoms. The number of ether oxygens (including phenoxy) is 1. The smallest absolute Gasteiger partial charge is 0.266 e. The van der Waals surface area contributed by atoms with Crippen molar-refractivity contribution in [1.82, 2.24) is 5.32 Å². The number of carbonyl (C=O) groups is 3. The Morgan fingerprint density at radius 3 is 2.36 bits per heavy atom. The Labute approximate surface area is 171 Å². The second-order valence-electron chi connectivity index (χ2n) is 6.62. The molecule has 4 rings (SSSR count). The van der Waals surface area contributed by atoms with E-state index in [0.29, 0.717) is 13.2 Å². The van der Waals surface area contributed by atoms with Gasteiger partial charge < -0.3 is 10.1 Å². The Morgan fingerprint density at radius 1 is 1.11 bits per heavy atom. The standard InChI is InChI=1S/C20H16Cl2N2O4/c21-15-8-13-14(9-16(15)22)20(27)24(19(13)26)17-6-2-1-5-12(17)18(25)23-10-11-4-3-7-28-11/h1-2,5-6,8-9,11H,3-4,7,10H2,(H,23,25)/t11-/m0/s1. The van der Waals surface area contributed by atoms with Crippen LogP contribution in [0, 0.1) is 0 Å². The number of benzene rings is 2. The van der Waals surface area contributed by atoms with E-state index in [1.165, 1.54) is 12.1 Å². The lowest BCUT2D eigenvalue weighted by Gasteiger charge is -2.18. The first-order valence-electron chi connectivity index (χ1n) is 8.84. The Balaban J connectivity index is 1.64. The van der Waals surface area contributed by atoms with Gasteiger partial charge in [-0.05, 0) is 37.1 Å². The second kappa shape index (κ2) is 7.54. The maximum absolute atomic E-state index is 12.9. The van der Waals surface area contributed by atoms with Crippen LogP contribution >= 0.6 is 23.2 Å². The summed E-state index contributed by atoms with van der Waals surface area (Å²) in [7, 11) is 0. The summed E-state index contributed by atoms with van der Waals surface area (Å²) in [5, 5.41) is 3.19. The van der Waals surface area contributed by atoms with Crippen LogP contribution in [-0.4, -0.2) is 37.0 Å². The third-order valence-corrected chi connectivity index (χ3v) is 5.55. The van der Waals surface area contributed by atoms with E-state index in [1.54, 1.807) is 24.3 Å². The van der Waals surface area contributed by atoms with Crippen molar-refractivity contribution in [3.63, 3.8) is 0 Å². The molecule has 2 heterocycles. The number of carbonyl (C=O) groups excluding carboxylic acids is 3. The number of para-hydroxylation sites is 1. The lowest BCUT2D eigenvalue weighted by molar-refractivity contribution is 0.0858. The van der Waals surface area contributed by atoms with E-state index in [0.717, 1.165) is 17.7 Å². The Kier molecular flexibility index (Phi) is 5.10. The van der Waals surface area contributed by atoms with E-state index in [2.05, 4.69) is 5.32 Å². The summed E-state index contributed by atoms with van der Waals surface area (Å²) in [6, 6.07) is 9.22. The molecule has 2 aliphatic heterocycles. The highest BCUT2D eigenvalue weighted by atomic mass is 35.5. The quantitative estimate of drug-likeness (QED) is 0.767. The van der Waals surface area contributed by atoms with Crippen LogP contribution in [0.4, 0.5) is 5.69 Å². The number of anilines is 1. The third-order valence-electron chi connectivity index (χ3n) is 4.83. The number of hydrogen-bond donors (Lipinski definition) is 1. The number of fused-ring (bicyclic) bond motifs is 1. The fraction of sp³-hybridized carbons (Fsp3) is 0.250. The van der Waals surface area contributed by atoms with Crippen LogP contribution in [0.15, 0.2) is 36.4 Å². The minimum atomic E-state index is -0.544. The Hall–Kier alpha value is -2.41. The molecule has 1 atom stereocenters. The van der Waals surface area contributed by atoms with Gasteiger partial charge >= 0.3 is 0 Å². The van der Waals surface area contributed by atoms with Crippen molar-refractivity contribution in [2.75, 3.05) is 18.1 Å². The number of halogens is 2. The van der Waals surface area contributed by atoms with Crippen molar-refractivity contribution in [1.29, 1.82) is 0 Å². The molecule has 2 aliphatic rings. The Bertz CT molecular complexity index is 945. The molecule has 0 spiro atoms. The third kappa shape index (κ3) is 3.28. The first kappa shape index (κ1) is 18.9. The fourth-order valence-electron chi connectivity index (χ4n) is 3.42. The van der Waals surface area contributed by atoms with Crippen LogP contribution in [0.25, 0.3) is 0 Å². The molecule has 1 fully saturated rings. The minimum Gasteiger partial charge on any atom is -0.376 e. The van der Waals surface area contributed by atoms with Gasteiger partial charge in [0.1, 0.15) is 0 Å². The number of rotatable bonds is 4. The largest absolute Gasteiger partial charge is 0.376 e. The van der Waals surface area contributed by atoms with Gasteiger partial charge in [-0.1, -0.05) is 35.3 Å². The molecule has 0 aliphatic carbocycles. The highest BCUT2D eigenvalue weighted by Crippen LogP contribution is 2.35. The zero-order valence-electron chi connectivity index (χ0n) is 14.7. The van der Waals surface area contributed by atoms with Gasteiger partial charge in [-0.3, -0.25) is 14.4 Å². The van der Waals surface area contributed by atoms with Gasteiger partial charge in [0.05, 0.1) is 38.5 Å². The maximum Gasteiger partial charge on any atom is 0.266 e. The van der Waals surface area contributed by atoms with Crippen LogP contribution in [0.3, 0.4) is 0 Å². The van der Waals surface area contributed by atoms with Gasteiger partial charge in [0.15, 0.2) is 0 Å². The van der Waals surface area contributed by atoms with Crippen molar-refractivity contribution < 1.29 is 19.1 Å². The zero-order chi connectivity index (χ0) is 19.8. The van der Waals surface area contributed by atoms with E-state index in [1.807, 2.05) is 0 Å². The molecule has 0 radical (unpaired) electrons. The van der Waals surface area contributed by atoms with Crippen LogP contribution in [0.2, 0.25) is 10.0 Å². The van der Waals surface area contributed by atoms with E-state index in [9.17, 15) is 14.4 Å². The predicted octanol–water partition coefficient (Wildman–Crippen LogP) is 3.70. The summed E-state index contributed by atoms with van der Waals surface area (Å²) >= 11 is 12.0. The normalized spacial score (nSPS) is 18.5. The van der Waals surface area contributed by atoms with Crippen LogP contribution in [-0.2, 0) is 4.74 Å². The molecule has 144 valence electrons. The molecule has 2 aromatic rings. The Morgan fingerprint density at radius 2 is 1.75 bits per heavy atom. The minimum absolute atomic E-state index is 0.0142. The van der Waals surface area contributed by atoms with Crippen molar-refractivity contribution in [3.05, 3.63) is 63.1 Å². The van der Waals surface area contributed by atoms with Gasteiger partial charge in [0, 0.05) is 13.2 Å². The highest BCUT2D eigenvalue weighted by Gasteiger charge is 2.39. The molecular weight excluding hydrogens is 403 g/mol. The molecule has 28 heavy (non-hydrogen) atoms. The van der Waals surface area contributed by atoms with Gasteiger partial charge in [-0.15, -0.1) is 0 Å². The number of imide groups is 1. The highest BCUT2D eigenvalue weighted by molar-refractivity contribution is 6.44. The van der Waals surface area contributed by atoms with E-state index in [-0.39, 0.29) is 44.4 Å². The molecule has 0 unspecified atom stereocenters. The molecule has 8 heteroatoms. The van der Waals surface area contributed by atoms with E-state index >= 15 is 0 Å². The summed E-state index contributed by atoms with van der Waals surface area (Å²) in [6.45, 7) is 1.07. The molecule has 0 saturated carbocycles. The summed E-state index contributed by atoms with van der Waals surface area (Å²) in [5.74, 6) is -1.46. The summed E-state index contributed by atoms with van der Waals surface area (Å²) in [5.41, 5.74) is 0.765. The fourth-order valence-corrected chi connectivity index (χ4v) is 3.75. The maximum atomic E-state index is 12.9. The second-order valence-corrected chi connectivity index (χ2v) is 7.43. The van der Waals surface area contributed by atoms with Gasteiger partial charge in [-0.25, -0.2) is 4.90 Å². The van der Waals surface area contributed by atoms with Crippen molar-refractivity contribution in [2.24, 2.45) is 0 Å². The molecule has 3 amide bonds. The molecule has 1 N–H and O–H groups in total. The van der Waals surface area contributed by atoms with Crippen LogP contribution < -0.4 is 10.2 Å². The summed E-state index contributed by atoms with van der Waals surface area (Å²) in [6.07, 6.45) is 1.85. The van der Waals surface area contributed by atoms with Crippen LogP contribution in [0.5, 0.6) is 0 Å². The van der Waals surface area contributed by atoms with Gasteiger partial charge in [-0.2, -0.15) is 0 Å². The topological polar surface area (TPSA) is 75.7 Å². The average molecular weight is 419 g/mol. The van der Waals surface area contributed by atoms with Crippen molar-refractivity contribution in [2.45, 2.75) is 18.9 Å². The first-order valence-corrected chi connectivity index (χ1v) is 9.59. The molecule has 2 aromatic carbocycles. The molecule has 0 aromatic heterocycles. The summed E-state index contributed by atoms with van der Waals surface area (Å²) < 4.78 is 5.51.